The Hall–Kier alpha value is -2.35. The Kier molecular flexibility index (Phi) is 5.92. The third-order valence-electron chi connectivity index (χ3n) is 4.29. The monoisotopic (exact) mass is 374 g/mol. The van der Waals surface area contributed by atoms with Crippen molar-refractivity contribution < 1.29 is 14.7 Å². The van der Waals surface area contributed by atoms with Crippen LogP contribution in [0.2, 0.25) is 0 Å². The number of aromatic nitrogens is 3. The Balaban J connectivity index is 1.65. The third-order valence-corrected chi connectivity index (χ3v) is 5.70. The van der Waals surface area contributed by atoms with Gasteiger partial charge in [0.05, 0.1) is 18.3 Å². The molecule has 0 unspecified atom stereocenters. The first-order valence-electron chi connectivity index (χ1n) is 8.67. The second-order valence-corrected chi connectivity index (χ2v) is 7.85. The minimum atomic E-state index is -0.987. The Morgan fingerprint density at radius 3 is 2.85 bits per heavy atom. The molecule has 1 fully saturated rings. The molecule has 3 rings (SSSR count). The third kappa shape index (κ3) is 4.85. The van der Waals surface area contributed by atoms with Crippen molar-refractivity contribution in [3.05, 3.63) is 41.2 Å². The number of nitrogens with zero attached hydrogens (tertiary/aromatic N) is 3. The molecular formula is C18H22N4O3S. The fourth-order valence-corrected chi connectivity index (χ4v) is 4.36. The second kappa shape index (κ2) is 8.35. The molecule has 1 heterocycles. The molecule has 1 aliphatic carbocycles. The molecule has 26 heavy (non-hydrogen) atoms. The first-order chi connectivity index (χ1) is 12.5. The summed E-state index contributed by atoms with van der Waals surface area (Å²) in [5.74, 6) is -1.14. The van der Waals surface area contributed by atoms with Gasteiger partial charge in [0, 0.05) is 10.1 Å². The molecule has 1 amide bonds. The molecule has 0 spiro atoms. The molecule has 8 heteroatoms. The maximum atomic E-state index is 12.7. The number of carbonyl (C=O) groups is 2. The zero-order valence-corrected chi connectivity index (χ0v) is 15.5. The Bertz CT molecular complexity index is 799. The Morgan fingerprint density at radius 2 is 2.12 bits per heavy atom. The van der Waals surface area contributed by atoms with Gasteiger partial charge in [-0.25, -0.2) is 4.68 Å². The molecule has 1 aromatic heterocycles. The topological polar surface area (TPSA) is 97.1 Å². The van der Waals surface area contributed by atoms with Crippen molar-refractivity contribution in [3.63, 3.8) is 0 Å². The predicted octanol–water partition coefficient (Wildman–Crippen LogP) is 2.64. The van der Waals surface area contributed by atoms with Gasteiger partial charge in [0.15, 0.2) is 0 Å². The maximum Gasteiger partial charge on any atom is 0.325 e. The van der Waals surface area contributed by atoms with E-state index in [1.54, 1.807) is 11.8 Å². The van der Waals surface area contributed by atoms with Crippen molar-refractivity contribution >= 4 is 23.6 Å². The van der Waals surface area contributed by atoms with E-state index < -0.39 is 5.97 Å². The molecule has 0 bridgehead atoms. The Morgan fingerprint density at radius 1 is 1.35 bits per heavy atom. The number of amides is 1. The summed E-state index contributed by atoms with van der Waals surface area (Å²) in [5, 5.41) is 19.8. The summed E-state index contributed by atoms with van der Waals surface area (Å²) in [5.41, 5.74) is 2.25. The molecule has 2 aromatic rings. The number of aryl methyl sites for hydroxylation is 1. The highest BCUT2D eigenvalue weighted by Crippen LogP contribution is 2.36. The van der Waals surface area contributed by atoms with Gasteiger partial charge in [0.25, 0.3) is 5.91 Å². The Labute approximate surface area is 156 Å². The van der Waals surface area contributed by atoms with Gasteiger partial charge >= 0.3 is 5.97 Å². The number of carboxylic acids is 1. The van der Waals surface area contributed by atoms with Gasteiger partial charge in [-0.15, -0.1) is 16.9 Å². The number of carbonyl (C=O) groups excluding carboxylic acids is 1. The van der Waals surface area contributed by atoms with E-state index in [0.717, 1.165) is 10.5 Å². The lowest BCUT2D eigenvalue weighted by atomic mass is 10.1. The van der Waals surface area contributed by atoms with Crippen molar-refractivity contribution in [1.29, 1.82) is 0 Å². The summed E-state index contributed by atoms with van der Waals surface area (Å²) in [6.07, 6.45) is 6.45. The van der Waals surface area contributed by atoms with Crippen molar-refractivity contribution in [2.75, 3.05) is 0 Å². The van der Waals surface area contributed by atoms with Crippen LogP contribution in [0.5, 0.6) is 0 Å². The molecule has 7 nitrogen and oxygen atoms in total. The summed E-state index contributed by atoms with van der Waals surface area (Å²) in [6.45, 7) is 1.93. The molecule has 0 radical (unpaired) electrons. The van der Waals surface area contributed by atoms with E-state index in [-0.39, 0.29) is 19.0 Å². The van der Waals surface area contributed by atoms with E-state index in [9.17, 15) is 9.59 Å². The van der Waals surface area contributed by atoms with Crippen LogP contribution in [-0.4, -0.2) is 37.2 Å². The number of nitrogens with one attached hydrogen (secondary N) is 1. The number of hydrogen-bond acceptors (Lipinski definition) is 5. The van der Waals surface area contributed by atoms with Gasteiger partial charge in [-0.05, 0) is 31.9 Å². The average Bonchev–Trinajstić information content (AvgIpc) is 3.25. The van der Waals surface area contributed by atoms with E-state index in [2.05, 4.69) is 15.6 Å². The van der Waals surface area contributed by atoms with Crippen LogP contribution in [0.1, 0.15) is 47.3 Å². The molecular weight excluding hydrogens is 352 g/mol. The SMILES string of the molecule is Cc1ccc(SC2CCCC2)c(C(=O)NCc2cn(CC(=O)O)nn2)c1. The number of carboxylic acid groups (broad SMARTS) is 1. The summed E-state index contributed by atoms with van der Waals surface area (Å²) in [4.78, 5) is 24.4. The first-order valence-corrected chi connectivity index (χ1v) is 9.55. The smallest absolute Gasteiger partial charge is 0.325 e. The van der Waals surface area contributed by atoms with E-state index in [4.69, 9.17) is 5.11 Å². The first kappa shape index (κ1) is 18.4. The van der Waals surface area contributed by atoms with Crippen LogP contribution in [0.4, 0.5) is 0 Å². The van der Waals surface area contributed by atoms with Gasteiger partial charge in [-0.2, -0.15) is 0 Å². The van der Waals surface area contributed by atoms with Gasteiger partial charge in [0.1, 0.15) is 12.2 Å². The minimum Gasteiger partial charge on any atom is -0.480 e. The molecule has 1 saturated carbocycles. The van der Waals surface area contributed by atoms with Gasteiger partial charge in [0.2, 0.25) is 0 Å². The van der Waals surface area contributed by atoms with Crippen LogP contribution >= 0.6 is 11.8 Å². The summed E-state index contributed by atoms with van der Waals surface area (Å²) in [6, 6.07) is 5.97. The highest BCUT2D eigenvalue weighted by Gasteiger charge is 2.20. The zero-order chi connectivity index (χ0) is 18.5. The molecule has 2 N–H and O–H groups in total. The summed E-state index contributed by atoms with van der Waals surface area (Å²) in [7, 11) is 0. The van der Waals surface area contributed by atoms with E-state index in [1.807, 2.05) is 25.1 Å². The van der Waals surface area contributed by atoms with Crippen molar-refractivity contribution in [3.8, 4) is 0 Å². The van der Waals surface area contributed by atoms with Crippen LogP contribution < -0.4 is 5.32 Å². The number of hydrogen-bond donors (Lipinski definition) is 2. The summed E-state index contributed by atoms with van der Waals surface area (Å²) < 4.78 is 1.23. The highest BCUT2D eigenvalue weighted by molar-refractivity contribution is 8.00. The number of thioether (sulfide) groups is 1. The molecule has 1 aromatic carbocycles. The van der Waals surface area contributed by atoms with Crippen molar-refractivity contribution in [1.82, 2.24) is 20.3 Å². The minimum absolute atomic E-state index is 0.151. The quantitative estimate of drug-likeness (QED) is 0.773. The van der Waals surface area contributed by atoms with Crippen LogP contribution in [0, 0.1) is 6.92 Å². The molecule has 1 aliphatic rings. The van der Waals surface area contributed by atoms with Gasteiger partial charge < -0.3 is 10.4 Å². The number of benzene rings is 1. The highest BCUT2D eigenvalue weighted by atomic mass is 32.2. The van der Waals surface area contributed by atoms with Crippen LogP contribution in [-0.2, 0) is 17.9 Å². The lowest BCUT2D eigenvalue weighted by Gasteiger charge is -2.14. The lowest BCUT2D eigenvalue weighted by Crippen LogP contribution is -2.24. The van der Waals surface area contributed by atoms with Crippen LogP contribution in [0.25, 0.3) is 0 Å². The molecule has 0 aliphatic heterocycles. The van der Waals surface area contributed by atoms with E-state index in [1.165, 1.54) is 36.6 Å². The maximum absolute atomic E-state index is 12.7. The fourth-order valence-electron chi connectivity index (χ4n) is 3.01. The molecule has 0 saturated heterocycles. The lowest BCUT2D eigenvalue weighted by molar-refractivity contribution is -0.137. The predicted molar refractivity (Wildman–Crippen MR) is 98.1 cm³/mol. The van der Waals surface area contributed by atoms with Crippen molar-refractivity contribution in [2.24, 2.45) is 0 Å². The number of rotatable bonds is 7. The molecule has 0 atom stereocenters. The van der Waals surface area contributed by atoms with Crippen LogP contribution in [0.3, 0.4) is 0 Å². The number of aliphatic carboxylic acids is 1. The molecule has 138 valence electrons. The van der Waals surface area contributed by atoms with E-state index >= 15 is 0 Å². The van der Waals surface area contributed by atoms with Crippen LogP contribution in [0.15, 0.2) is 29.3 Å². The average molecular weight is 374 g/mol. The van der Waals surface area contributed by atoms with Gasteiger partial charge in [-0.3, -0.25) is 9.59 Å². The summed E-state index contributed by atoms with van der Waals surface area (Å²) >= 11 is 1.79. The normalized spacial score (nSPS) is 14.5. The van der Waals surface area contributed by atoms with Gasteiger partial charge in [-0.1, -0.05) is 29.7 Å². The largest absolute Gasteiger partial charge is 0.480 e. The standard InChI is InChI=1S/C18H22N4O3S/c1-12-6-7-16(26-14-4-2-3-5-14)15(8-12)18(25)19-9-13-10-22(21-20-13)11-17(23)24/h6-8,10,14H,2-5,9,11H2,1H3,(H,19,25)(H,23,24). The second-order valence-electron chi connectivity index (χ2n) is 6.51. The fraction of sp³-hybridized carbons (Fsp3) is 0.444. The van der Waals surface area contributed by atoms with Crippen molar-refractivity contribution in [2.45, 2.75) is 55.8 Å². The van der Waals surface area contributed by atoms with E-state index in [0.29, 0.717) is 16.5 Å². The zero-order valence-electron chi connectivity index (χ0n) is 14.6.